The fourth-order valence-corrected chi connectivity index (χ4v) is 2.39. The van der Waals surface area contributed by atoms with Crippen molar-refractivity contribution in [2.45, 2.75) is 17.7 Å². The second-order valence-electron chi connectivity index (χ2n) is 3.84. The molecule has 1 rings (SSSR count). The van der Waals surface area contributed by atoms with Crippen LogP contribution in [0.2, 0.25) is 0 Å². The molecule has 0 aromatic heterocycles. The van der Waals surface area contributed by atoms with E-state index < -0.39 is 23.1 Å². The summed E-state index contributed by atoms with van der Waals surface area (Å²) >= 11 is 0. The minimum Gasteiger partial charge on any atom is -0.374 e. The van der Waals surface area contributed by atoms with E-state index in [-0.39, 0.29) is 24.5 Å². The zero-order valence-electron chi connectivity index (χ0n) is 10.6. The van der Waals surface area contributed by atoms with Gasteiger partial charge in [-0.3, -0.25) is 0 Å². The molecular weight excluding hydrogens is 290 g/mol. The summed E-state index contributed by atoms with van der Waals surface area (Å²) < 4.78 is 54.0. The Morgan fingerprint density at radius 3 is 2.50 bits per heavy atom. The topological polar surface area (TPSA) is 79.2 Å². The third-order valence-corrected chi connectivity index (χ3v) is 3.78. The number of ether oxygens (including phenoxy) is 1. The fraction of sp³-hybridized carbons (Fsp3) is 0.417. The number of sulfonamides is 1. The van der Waals surface area contributed by atoms with Crippen LogP contribution >= 0.6 is 0 Å². The van der Waals surface area contributed by atoms with Gasteiger partial charge in [-0.15, -0.1) is 0 Å². The van der Waals surface area contributed by atoms with E-state index in [1.54, 1.807) is 12.1 Å². The molecule has 0 aliphatic rings. The van der Waals surface area contributed by atoms with Crippen LogP contribution in [0.5, 0.6) is 0 Å². The van der Waals surface area contributed by atoms with E-state index in [0.717, 1.165) is 0 Å². The Morgan fingerprint density at radius 1 is 1.30 bits per heavy atom. The van der Waals surface area contributed by atoms with Gasteiger partial charge in [-0.2, -0.15) is 5.26 Å². The Labute approximate surface area is 116 Å². The quantitative estimate of drug-likeness (QED) is 0.734. The van der Waals surface area contributed by atoms with Gasteiger partial charge in [0.05, 0.1) is 24.0 Å². The van der Waals surface area contributed by atoms with Crippen LogP contribution < -0.4 is 4.72 Å². The molecule has 0 aliphatic carbocycles. The largest absolute Gasteiger partial charge is 0.374 e. The molecule has 0 bridgehead atoms. The first-order chi connectivity index (χ1) is 9.45. The van der Waals surface area contributed by atoms with Crippen molar-refractivity contribution in [3.8, 4) is 6.07 Å². The highest BCUT2D eigenvalue weighted by atomic mass is 32.2. The first-order valence-electron chi connectivity index (χ1n) is 5.77. The first-order valence-corrected chi connectivity index (χ1v) is 7.25. The van der Waals surface area contributed by atoms with E-state index in [0.29, 0.717) is 5.56 Å². The van der Waals surface area contributed by atoms with Crippen molar-refractivity contribution < 1.29 is 21.9 Å². The molecule has 5 nitrogen and oxygen atoms in total. The summed E-state index contributed by atoms with van der Waals surface area (Å²) in [6, 6.07) is 7.82. The van der Waals surface area contributed by atoms with E-state index >= 15 is 0 Å². The number of halogens is 2. The van der Waals surface area contributed by atoms with Gasteiger partial charge in [0, 0.05) is 6.54 Å². The standard InChI is InChI=1S/C12H14F2N2O3S/c13-12(14)9-19-8-7-16-20(17,18)11-3-1-10(2-4-11)5-6-15/h1-4,12,16H,5,7-9H2. The maximum atomic E-state index is 11.8. The molecule has 8 heteroatoms. The van der Waals surface area contributed by atoms with Gasteiger partial charge in [0.2, 0.25) is 10.0 Å². The Hall–Kier alpha value is -1.56. The number of nitriles is 1. The van der Waals surface area contributed by atoms with Crippen molar-refractivity contribution in [3.63, 3.8) is 0 Å². The van der Waals surface area contributed by atoms with Crippen molar-refractivity contribution in [3.05, 3.63) is 29.8 Å². The van der Waals surface area contributed by atoms with Crippen LogP contribution in [0.25, 0.3) is 0 Å². The minimum absolute atomic E-state index is 0.0491. The molecule has 1 N–H and O–H groups in total. The normalized spacial score (nSPS) is 11.5. The van der Waals surface area contributed by atoms with Gasteiger partial charge >= 0.3 is 0 Å². The number of benzene rings is 1. The molecule has 0 unspecified atom stereocenters. The number of hydrogen-bond acceptors (Lipinski definition) is 4. The van der Waals surface area contributed by atoms with Crippen LogP contribution in [-0.4, -0.2) is 34.6 Å². The first kappa shape index (κ1) is 16.5. The number of hydrogen-bond donors (Lipinski definition) is 1. The van der Waals surface area contributed by atoms with Crippen LogP contribution in [0.1, 0.15) is 5.56 Å². The zero-order chi connectivity index (χ0) is 15.0. The number of alkyl halides is 2. The summed E-state index contributed by atoms with van der Waals surface area (Å²) in [5, 5.41) is 8.51. The predicted octanol–water partition coefficient (Wildman–Crippen LogP) is 1.31. The van der Waals surface area contributed by atoms with Gasteiger partial charge in [-0.25, -0.2) is 21.9 Å². The molecule has 1 aromatic carbocycles. The summed E-state index contributed by atoms with van der Waals surface area (Å²) in [5.41, 5.74) is 0.715. The average molecular weight is 304 g/mol. The molecule has 110 valence electrons. The SMILES string of the molecule is N#CCc1ccc(S(=O)(=O)NCCOCC(F)F)cc1. The molecule has 0 aliphatic heterocycles. The van der Waals surface area contributed by atoms with Crippen LogP contribution in [-0.2, 0) is 21.2 Å². The van der Waals surface area contributed by atoms with E-state index in [4.69, 9.17) is 5.26 Å². The zero-order valence-corrected chi connectivity index (χ0v) is 11.4. The Balaban J connectivity index is 2.50. The molecule has 0 fully saturated rings. The lowest BCUT2D eigenvalue weighted by Crippen LogP contribution is -2.28. The van der Waals surface area contributed by atoms with Gasteiger partial charge in [-0.05, 0) is 17.7 Å². The van der Waals surface area contributed by atoms with Crippen molar-refractivity contribution in [2.75, 3.05) is 19.8 Å². The third kappa shape index (κ3) is 5.61. The molecule has 0 spiro atoms. The Bertz CT molecular complexity index is 553. The second kappa shape index (κ2) is 7.89. The Morgan fingerprint density at radius 2 is 1.95 bits per heavy atom. The van der Waals surface area contributed by atoms with E-state index in [2.05, 4.69) is 9.46 Å². The van der Waals surface area contributed by atoms with Crippen LogP contribution in [0.3, 0.4) is 0 Å². The average Bonchev–Trinajstić information content (AvgIpc) is 2.39. The van der Waals surface area contributed by atoms with Crippen molar-refractivity contribution in [2.24, 2.45) is 0 Å². The van der Waals surface area contributed by atoms with Gasteiger partial charge in [0.1, 0.15) is 6.61 Å². The lowest BCUT2D eigenvalue weighted by molar-refractivity contribution is 0.0199. The molecule has 0 saturated carbocycles. The summed E-state index contributed by atoms with van der Waals surface area (Å²) in [4.78, 5) is 0.0491. The van der Waals surface area contributed by atoms with Crippen molar-refractivity contribution >= 4 is 10.0 Å². The summed E-state index contributed by atoms with van der Waals surface area (Å²) in [5.74, 6) is 0. The Kier molecular flexibility index (Phi) is 6.51. The smallest absolute Gasteiger partial charge is 0.261 e. The highest BCUT2D eigenvalue weighted by Crippen LogP contribution is 2.10. The molecule has 0 heterocycles. The molecule has 0 amide bonds. The monoisotopic (exact) mass is 304 g/mol. The van der Waals surface area contributed by atoms with Gasteiger partial charge in [0.15, 0.2) is 0 Å². The van der Waals surface area contributed by atoms with Gasteiger partial charge in [-0.1, -0.05) is 12.1 Å². The third-order valence-electron chi connectivity index (χ3n) is 2.30. The lowest BCUT2D eigenvalue weighted by atomic mass is 10.2. The van der Waals surface area contributed by atoms with Crippen molar-refractivity contribution in [1.29, 1.82) is 5.26 Å². The van der Waals surface area contributed by atoms with E-state index in [9.17, 15) is 17.2 Å². The van der Waals surface area contributed by atoms with Gasteiger partial charge < -0.3 is 4.74 Å². The summed E-state index contributed by atoms with van der Waals surface area (Å²) in [6.45, 7) is -0.935. The predicted molar refractivity (Wildman–Crippen MR) is 67.8 cm³/mol. The number of nitrogens with zero attached hydrogens (tertiary/aromatic N) is 1. The molecule has 0 saturated heterocycles. The van der Waals surface area contributed by atoms with Gasteiger partial charge in [0.25, 0.3) is 6.43 Å². The van der Waals surface area contributed by atoms with Crippen LogP contribution in [0.15, 0.2) is 29.2 Å². The highest BCUT2D eigenvalue weighted by molar-refractivity contribution is 7.89. The molecular formula is C12H14F2N2O3S. The molecule has 0 atom stereocenters. The van der Waals surface area contributed by atoms with Crippen LogP contribution in [0, 0.1) is 11.3 Å². The number of rotatable bonds is 8. The maximum absolute atomic E-state index is 11.8. The molecule has 20 heavy (non-hydrogen) atoms. The second-order valence-corrected chi connectivity index (χ2v) is 5.61. The van der Waals surface area contributed by atoms with E-state index in [1.165, 1.54) is 12.1 Å². The summed E-state index contributed by atoms with van der Waals surface area (Å²) in [6.07, 6.45) is -2.37. The molecule has 1 aromatic rings. The lowest BCUT2D eigenvalue weighted by Gasteiger charge is -2.07. The van der Waals surface area contributed by atoms with E-state index in [1.807, 2.05) is 6.07 Å². The fourth-order valence-electron chi connectivity index (χ4n) is 1.38. The van der Waals surface area contributed by atoms with Crippen LogP contribution in [0.4, 0.5) is 8.78 Å². The maximum Gasteiger partial charge on any atom is 0.261 e. The highest BCUT2D eigenvalue weighted by Gasteiger charge is 2.13. The minimum atomic E-state index is -3.69. The summed E-state index contributed by atoms with van der Waals surface area (Å²) in [7, 11) is -3.69. The molecule has 0 radical (unpaired) electrons. The number of nitrogens with one attached hydrogen (secondary N) is 1. The van der Waals surface area contributed by atoms with Crippen molar-refractivity contribution in [1.82, 2.24) is 4.72 Å².